The van der Waals surface area contributed by atoms with Crippen molar-refractivity contribution in [3.63, 3.8) is 0 Å². The molecule has 2 aromatic rings. The van der Waals surface area contributed by atoms with E-state index in [1.165, 1.54) is 4.90 Å². The van der Waals surface area contributed by atoms with Gasteiger partial charge in [-0.3, -0.25) is 13.9 Å². The van der Waals surface area contributed by atoms with Crippen molar-refractivity contribution in [3.8, 4) is 0 Å². The first kappa shape index (κ1) is 28.9. The van der Waals surface area contributed by atoms with Crippen molar-refractivity contribution in [2.24, 2.45) is 0 Å². The smallest absolute Gasteiger partial charge is 0.244 e. The maximum atomic E-state index is 13.6. The molecule has 0 aromatic heterocycles. The molecule has 0 aliphatic rings. The molecule has 0 bridgehead atoms. The second kappa shape index (κ2) is 11.2. The first-order chi connectivity index (χ1) is 16.0. The number of anilines is 1. The van der Waals surface area contributed by atoms with E-state index in [0.717, 1.165) is 21.7 Å². The third-order valence-electron chi connectivity index (χ3n) is 5.46. The molecule has 0 spiro atoms. The molecule has 0 radical (unpaired) electrons. The van der Waals surface area contributed by atoms with Gasteiger partial charge in [-0.15, -0.1) is 0 Å². The molecule has 2 amide bonds. The Kier molecular flexibility index (Phi) is 9.25. The Bertz CT molecular complexity index is 1210. The van der Waals surface area contributed by atoms with E-state index in [9.17, 15) is 18.0 Å². The average Bonchev–Trinajstić information content (AvgIpc) is 2.72. The van der Waals surface area contributed by atoms with Gasteiger partial charge in [-0.25, -0.2) is 8.42 Å². The molecule has 0 unspecified atom stereocenters. The van der Waals surface area contributed by atoms with Crippen molar-refractivity contribution in [1.82, 2.24) is 10.2 Å². The number of aryl methyl sites for hydroxylation is 2. The Morgan fingerprint density at radius 1 is 1.00 bits per heavy atom. The summed E-state index contributed by atoms with van der Waals surface area (Å²) in [6.07, 6.45) is 1.05. The van der Waals surface area contributed by atoms with Crippen molar-refractivity contribution in [2.75, 3.05) is 17.1 Å². The van der Waals surface area contributed by atoms with E-state index >= 15 is 0 Å². The predicted molar refractivity (Wildman–Crippen MR) is 142 cm³/mol. The molecular weight excluding hydrogens is 509 g/mol. The molecule has 10 heteroatoms. The summed E-state index contributed by atoms with van der Waals surface area (Å²) in [5.74, 6) is -0.890. The molecule has 0 heterocycles. The van der Waals surface area contributed by atoms with Crippen LogP contribution in [0.1, 0.15) is 44.4 Å². The van der Waals surface area contributed by atoms with E-state index in [4.69, 9.17) is 23.2 Å². The van der Waals surface area contributed by atoms with Gasteiger partial charge in [0.2, 0.25) is 21.8 Å². The molecule has 0 fully saturated rings. The molecule has 0 aliphatic heterocycles. The zero-order chi connectivity index (χ0) is 26.7. The number of carbonyl (C=O) groups is 2. The van der Waals surface area contributed by atoms with Crippen LogP contribution in [-0.2, 0) is 26.2 Å². The number of amides is 2. The van der Waals surface area contributed by atoms with Gasteiger partial charge in [0.15, 0.2) is 0 Å². The fourth-order valence-electron chi connectivity index (χ4n) is 3.39. The summed E-state index contributed by atoms with van der Waals surface area (Å²) in [5.41, 5.74) is 2.42. The molecule has 1 N–H and O–H groups in total. The topological polar surface area (TPSA) is 86.8 Å². The van der Waals surface area contributed by atoms with Crippen LogP contribution in [0, 0.1) is 13.8 Å². The summed E-state index contributed by atoms with van der Waals surface area (Å²) >= 11 is 12.2. The van der Waals surface area contributed by atoms with Crippen LogP contribution in [0.25, 0.3) is 0 Å². The first-order valence-electron chi connectivity index (χ1n) is 11.1. The van der Waals surface area contributed by atoms with Crippen molar-refractivity contribution in [1.29, 1.82) is 0 Å². The lowest BCUT2D eigenvalue weighted by Gasteiger charge is -2.33. The summed E-state index contributed by atoms with van der Waals surface area (Å²) in [4.78, 5) is 27.9. The molecule has 0 aliphatic carbocycles. The Morgan fingerprint density at radius 2 is 1.63 bits per heavy atom. The number of benzene rings is 2. The zero-order valence-electron chi connectivity index (χ0n) is 21.1. The van der Waals surface area contributed by atoms with Crippen LogP contribution in [0.2, 0.25) is 10.0 Å². The van der Waals surface area contributed by atoms with Crippen LogP contribution in [0.4, 0.5) is 5.69 Å². The number of rotatable bonds is 8. The molecule has 192 valence electrons. The van der Waals surface area contributed by atoms with Gasteiger partial charge in [0, 0.05) is 12.1 Å². The van der Waals surface area contributed by atoms with E-state index in [1.54, 1.807) is 43.3 Å². The van der Waals surface area contributed by atoms with E-state index in [-0.39, 0.29) is 12.5 Å². The minimum Gasteiger partial charge on any atom is -0.350 e. The van der Waals surface area contributed by atoms with Crippen LogP contribution in [0.3, 0.4) is 0 Å². The third-order valence-corrected chi connectivity index (χ3v) is 7.34. The fourth-order valence-corrected chi connectivity index (χ4v) is 4.55. The van der Waals surface area contributed by atoms with Crippen molar-refractivity contribution < 1.29 is 18.0 Å². The van der Waals surface area contributed by atoms with Crippen molar-refractivity contribution in [2.45, 2.75) is 59.7 Å². The van der Waals surface area contributed by atoms with Gasteiger partial charge in [0.25, 0.3) is 0 Å². The SMILES string of the molecule is Cc1ccc(N(CC(=O)N(Cc2ccc(Cl)c(Cl)c2)[C@@H](C)C(=O)NC(C)(C)C)S(C)(=O)=O)cc1C. The second-order valence-electron chi connectivity index (χ2n) is 9.72. The Balaban J connectivity index is 2.45. The number of halogens is 2. The first-order valence-corrected chi connectivity index (χ1v) is 13.7. The maximum Gasteiger partial charge on any atom is 0.244 e. The van der Waals surface area contributed by atoms with Crippen LogP contribution < -0.4 is 9.62 Å². The monoisotopic (exact) mass is 541 g/mol. The van der Waals surface area contributed by atoms with Gasteiger partial charge in [0.1, 0.15) is 12.6 Å². The summed E-state index contributed by atoms with van der Waals surface area (Å²) in [6.45, 7) is 10.5. The minimum atomic E-state index is -3.79. The van der Waals surface area contributed by atoms with Gasteiger partial charge in [0.05, 0.1) is 22.0 Å². The highest BCUT2D eigenvalue weighted by Gasteiger charge is 2.31. The highest BCUT2D eigenvalue weighted by atomic mass is 35.5. The Labute approximate surface area is 218 Å². The third kappa shape index (κ3) is 8.12. The molecule has 2 rings (SSSR count). The van der Waals surface area contributed by atoms with Crippen LogP contribution in [-0.4, -0.2) is 49.5 Å². The molecule has 0 saturated heterocycles. The normalized spacial score (nSPS) is 12.7. The maximum absolute atomic E-state index is 13.6. The van der Waals surface area contributed by atoms with Crippen molar-refractivity contribution >= 4 is 50.7 Å². The quantitative estimate of drug-likeness (QED) is 0.524. The van der Waals surface area contributed by atoms with Gasteiger partial charge in [-0.2, -0.15) is 0 Å². The van der Waals surface area contributed by atoms with E-state index in [1.807, 2.05) is 34.6 Å². The fraction of sp³-hybridized carbons (Fsp3) is 0.440. The molecule has 1 atom stereocenters. The highest BCUT2D eigenvalue weighted by molar-refractivity contribution is 7.92. The van der Waals surface area contributed by atoms with Crippen LogP contribution in [0.5, 0.6) is 0 Å². The Hall–Kier alpha value is -2.29. The number of nitrogens with zero attached hydrogens (tertiary/aromatic N) is 2. The molecule has 2 aromatic carbocycles. The van der Waals surface area contributed by atoms with Gasteiger partial charge >= 0.3 is 0 Å². The van der Waals surface area contributed by atoms with E-state index < -0.39 is 34.1 Å². The average molecular weight is 543 g/mol. The predicted octanol–water partition coefficient (Wildman–Crippen LogP) is 4.71. The van der Waals surface area contributed by atoms with Gasteiger partial charge in [-0.05, 0) is 82.5 Å². The Morgan fingerprint density at radius 3 is 2.14 bits per heavy atom. The molecule has 0 saturated carbocycles. The summed E-state index contributed by atoms with van der Waals surface area (Å²) in [7, 11) is -3.79. The highest BCUT2D eigenvalue weighted by Crippen LogP contribution is 2.25. The minimum absolute atomic E-state index is 0.0407. The van der Waals surface area contributed by atoms with Gasteiger partial charge < -0.3 is 10.2 Å². The number of carbonyl (C=O) groups excluding carboxylic acids is 2. The van der Waals surface area contributed by atoms with Crippen LogP contribution in [0.15, 0.2) is 36.4 Å². The lowest BCUT2D eigenvalue weighted by atomic mass is 10.1. The summed E-state index contributed by atoms with van der Waals surface area (Å²) in [6, 6.07) is 9.26. The zero-order valence-corrected chi connectivity index (χ0v) is 23.5. The second-order valence-corrected chi connectivity index (χ2v) is 12.4. The number of nitrogens with one attached hydrogen (secondary N) is 1. The number of hydrogen-bond acceptors (Lipinski definition) is 4. The van der Waals surface area contributed by atoms with E-state index in [0.29, 0.717) is 21.3 Å². The lowest BCUT2D eigenvalue weighted by Crippen LogP contribution is -2.54. The molecule has 35 heavy (non-hydrogen) atoms. The summed E-state index contributed by atoms with van der Waals surface area (Å²) < 4.78 is 26.4. The van der Waals surface area contributed by atoms with E-state index in [2.05, 4.69) is 5.32 Å². The lowest BCUT2D eigenvalue weighted by molar-refractivity contribution is -0.140. The van der Waals surface area contributed by atoms with Crippen LogP contribution >= 0.6 is 23.2 Å². The summed E-state index contributed by atoms with van der Waals surface area (Å²) in [5, 5.41) is 3.56. The van der Waals surface area contributed by atoms with Gasteiger partial charge in [-0.1, -0.05) is 35.3 Å². The standard InChI is InChI=1S/C25H33Cl2N3O4S/c1-16-8-10-20(12-17(16)2)30(35(7,33)34)15-23(31)29(18(3)24(32)28-25(4,5)6)14-19-9-11-21(26)22(27)13-19/h8-13,18H,14-15H2,1-7H3,(H,28,32)/t18-/m0/s1. The largest absolute Gasteiger partial charge is 0.350 e. The number of hydrogen-bond donors (Lipinski definition) is 1. The molecular formula is C25H33Cl2N3O4S. The molecule has 7 nitrogen and oxygen atoms in total. The number of sulfonamides is 1. The van der Waals surface area contributed by atoms with Crippen molar-refractivity contribution in [3.05, 3.63) is 63.1 Å².